The zero-order chi connectivity index (χ0) is 13.1. The van der Waals surface area contributed by atoms with Gasteiger partial charge in [-0.05, 0) is 26.0 Å². The molecule has 0 spiro atoms. The van der Waals surface area contributed by atoms with Crippen LogP contribution in [0.25, 0.3) is 5.65 Å². The molecule has 0 fully saturated rings. The number of pyridine rings is 1. The second kappa shape index (κ2) is 5.08. The van der Waals surface area contributed by atoms with Crippen molar-refractivity contribution in [1.29, 1.82) is 0 Å². The van der Waals surface area contributed by atoms with E-state index in [1.54, 1.807) is 0 Å². The summed E-state index contributed by atoms with van der Waals surface area (Å²) in [6.45, 7) is 4.39. The molecule has 0 aliphatic rings. The van der Waals surface area contributed by atoms with Gasteiger partial charge in [0.25, 0.3) is 0 Å². The molecule has 0 aliphatic heterocycles. The van der Waals surface area contributed by atoms with Gasteiger partial charge in [-0.1, -0.05) is 0 Å². The van der Waals surface area contributed by atoms with Gasteiger partial charge in [0.2, 0.25) is 0 Å². The Hall–Kier alpha value is -2.04. The summed E-state index contributed by atoms with van der Waals surface area (Å²) in [6, 6.07) is 3.75. The number of carbonyl (C=O) groups is 1. The zero-order valence-electron chi connectivity index (χ0n) is 10.5. The molecular weight excluding hydrogens is 232 g/mol. The molecule has 18 heavy (non-hydrogen) atoms. The summed E-state index contributed by atoms with van der Waals surface area (Å²) in [4.78, 5) is 15.1. The highest BCUT2D eigenvalue weighted by Gasteiger charge is 2.13. The monoisotopic (exact) mass is 248 g/mol. The lowest BCUT2D eigenvalue weighted by atomic mass is 10.2. The van der Waals surface area contributed by atoms with Gasteiger partial charge in [-0.3, -0.25) is 4.79 Å². The minimum Gasteiger partial charge on any atom is -0.490 e. The van der Waals surface area contributed by atoms with Gasteiger partial charge in [-0.15, -0.1) is 0 Å². The molecule has 0 unspecified atom stereocenters. The molecule has 0 aliphatic carbocycles. The lowest BCUT2D eigenvalue weighted by Gasteiger charge is -2.05. The summed E-state index contributed by atoms with van der Waals surface area (Å²) in [5.74, 6) is -0.0741. The van der Waals surface area contributed by atoms with E-state index in [2.05, 4.69) is 4.98 Å². The van der Waals surface area contributed by atoms with Crippen LogP contribution in [-0.2, 0) is 11.2 Å². The Labute approximate surface area is 105 Å². The van der Waals surface area contributed by atoms with Gasteiger partial charge in [0.15, 0.2) is 11.4 Å². The smallest absolute Gasteiger partial charge is 0.303 e. The number of ether oxygens (including phenoxy) is 1. The fourth-order valence-corrected chi connectivity index (χ4v) is 2.00. The molecule has 1 N–H and O–H groups in total. The van der Waals surface area contributed by atoms with Crippen LogP contribution in [0.4, 0.5) is 0 Å². The number of aryl methyl sites for hydroxylation is 2. The van der Waals surface area contributed by atoms with Crippen LogP contribution in [-0.4, -0.2) is 27.1 Å². The Kier molecular flexibility index (Phi) is 3.50. The van der Waals surface area contributed by atoms with E-state index >= 15 is 0 Å². The maximum atomic E-state index is 10.7. The van der Waals surface area contributed by atoms with Crippen molar-refractivity contribution in [2.75, 3.05) is 6.61 Å². The fourth-order valence-electron chi connectivity index (χ4n) is 2.00. The van der Waals surface area contributed by atoms with Crippen molar-refractivity contribution >= 4 is 11.6 Å². The topological polar surface area (TPSA) is 63.8 Å². The van der Waals surface area contributed by atoms with Gasteiger partial charge in [-0.25, -0.2) is 4.98 Å². The first-order valence-electron chi connectivity index (χ1n) is 5.94. The zero-order valence-corrected chi connectivity index (χ0v) is 10.5. The first-order valence-corrected chi connectivity index (χ1v) is 5.94. The van der Waals surface area contributed by atoms with Crippen LogP contribution in [0.5, 0.6) is 5.75 Å². The van der Waals surface area contributed by atoms with Crippen LogP contribution >= 0.6 is 0 Å². The van der Waals surface area contributed by atoms with Crippen LogP contribution in [0.3, 0.4) is 0 Å². The van der Waals surface area contributed by atoms with Crippen molar-refractivity contribution in [3.05, 3.63) is 29.7 Å². The maximum absolute atomic E-state index is 10.7. The molecule has 2 aromatic rings. The number of fused-ring (bicyclic) bond motifs is 1. The first-order chi connectivity index (χ1) is 8.63. The van der Waals surface area contributed by atoms with E-state index in [-0.39, 0.29) is 6.42 Å². The molecule has 0 saturated carbocycles. The summed E-state index contributed by atoms with van der Waals surface area (Å²) in [6.07, 6.45) is 2.46. The number of nitrogens with zero attached hydrogens (tertiary/aromatic N) is 2. The van der Waals surface area contributed by atoms with Crippen molar-refractivity contribution in [2.45, 2.75) is 26.7 Å². The minimum atomic E-state index is -0.801. The number of imidazole rings is 1. The number of aliphatic carboxylic acids is 1. The standard InChI is InChI=1S/C13H16N2O3/c1-3-18-11-5-4-8-15-10(6-7-12(16)17)9(2)14-13(11)15/h4-5,8H,3,6-7H2,1-2H3,(H,16,17). The molecule has 0 bridgehead atoms. The highest BCUT2D eigenvalue weighted by molar-refractivity contribution is 5.67. The van der Waals surface area contributed by atoms with E-state index in [1.807, 2.05) is 36.6 Å². The van der Waals surface area contributed by atoms with E-state index in [4.69, 9.17) is 9.84 Å². The summed E-state index contributed by atoms with van der Waals surface area (Å²) in [5, 5.41) is 8.76. The number of aromatic nitrogens is 2. The average Bonchev–Trinajstić information content (AvgIpc) is 2.64. The van der Waals surface area contributed by atoms with Crippen LogP contribution in [0.1, 0.15) is 24.7 Å². The van der Waals surface area contributed by atoms with E-state index in [0.717, 1.165) is 22.8 Å². The van der Waals surface area contributed by atoms with E-state index in [1.165, 1.54) is 0 Å². The number of carboxylic acids is 1. The molecule has 0 saturated heterocycles. The molecule has 0 radical (unpaired) electrons. The Balaban J connectivity index is 2.44. The molecule has 2 heterocycles. The summed E-state index contributed by atoms with van der Waals surface area (Å²) in [7, 11) is 0. The molecule has 5 heteroatoms. The Morgan fingerprint density at radius 3 is 3.00 bits per heavy atom. The van der Waals surface area contributed by atoms with E-state index < -0.39 is 5.97 Å². The predicted molar refractivity (Wildman–Crippen MR) is 67.1 cm³/mol. The highest BCUT2D eigenvalue weighted by atomic mass is 16.5. The van der Waals surface area contributed by atoms with E-state index in [9.17, 15) is 4.79 Å². The first kappa shape index (κ1) is 12.4. The quantitative estimate of drug-likeness (QED) is 0.879. The average molecular weight is 248 g/mol. The number of carboxylic acid groups (broad SMARTS) is 1. The molecule has 2 aromatic heterocycles. The van der Waals surface area contributed by atoms with Crippen molar-refractivity contribution < 1.29 is 14.6 Å². The summed E-state index contributed by atoms with van der Waals surface area (Å²) < 4.78 is 7.42. The predicted octanol–water partition coefficient (Wildman–Crippen LogP) is 2.06. The number of rotatable bonds is 5. The van der Waals surface area contributed by atoms with Gasteiger partial charge in [-0.2, -0.15) is 0 Å². The molecule has 2 rings (SSSR count). The van der Waals surface area contributed by atoms with E-state index in [0.29, 0.717) is 13.0 Å². The molecule has 0 atom stereocenters. The van der Waals surface area contributed by atoms with Crippen LogP contribution < -0.4 is 4.74 Å². The normalized spacial score (nSPS) is 10.8. The van der Waals surface area contributed by atoms with Crippen LogP contribution in [0, 0.1) is 6.92 Å². The second-order valence-corrected chi connectivity index (χ2v) is 4.04. The Morgan fingerprint density at radius 2 is 2.33 bits per heavy atom. The Bertz CT molecular complexity index is 575. The summed E-state index contributed by atoms with van der Waals surface area (Å²) >= 11 is 0. The highest BCUT2D eigenvalue weighted by Crippen LogP contribution is 2.22. The number of hydrogen-bond donors (Lipinski definition) is 1. The van der Waals surface area contributed by atoms with Crippen molar-refractivity contribution in [1.82, 2.24) is 9.38 Å². The minimum absolute atomic E-state index is 0.105. The van der Waals surface area contributed by atoms with Gasteiger partial charge in [0.1, 0.15) is 0 Å². The SMILES string of the molecule is CCOc1cccn2c(CCC(=O)O)c(C)nc12. The molecule has 96 valence electrons. The number of hydrogen-bond acceptors (Lipinski definition) is 3. The molecule has 0 aromatic carbocycles. The lowest BCUT2D eigenvalue weighted by molar-refractivity contribution is -0.136. The van der Waals surface area contributed by atoms with Gasteiger partial charge in [0.05, 0.1) is 18.7 Å². The largest absolute Gasteiger partial charge is 0.490 e. The second-order valence-electron chi connectivity index (χ2n) is 4.04. The van der Waals surface area contributed by atoms with Gasteiger partial charge in [0, 0.05) is 18.3 Å². The Morgan fingerprint density at radius 1 is 1.56 bits per heavy atom. The van der Waals surface area contributed by atoms with Crippen molar-refractivity contribution in [3.8, 4) is 5.75 Å². The molecule has 5 nitrogen and oxygen atoms in total. The van der Waals surface area contributed by atoms with Crippen molar-refractivity contribution in [2.24, 2.45) is 0 Å². The third-order valence-corrected chi connectivity index (χ3v) is 2.79. The third kappa shape index (κ3) is 2.30. The summed E-state index contributed by atoms with van der Waals surface area (Å²) in [5.41, 5.74) is 2.52. The van der Waals surface area contributed by atoms with Crippen LogP contribution in [0.15, 0.2) is 18.3 Å². The lowest BCUT2D eigenvalue weighted by Crippen LogP contribution is -2.02. The molecule has 0 amide bonds. The van der Waals surface area contributed by atoms with Gasteiger partial charge >= 0.3 is 5.97 Å². The van der Waals surface area contributed by atoms with Crippen molar-refractivity contribution in [3.63, 3.8) is 0 Å². The maximum Gasteiger partial charge on any atom is 0.303 e. The fraction of sp³-hybridized carbons (Fsp3) is 0.385. The third-order valence-electron chi connectivity index (χ3n) is 2.79. The van der Waals surface area contributed by atoms with Crippen LogP contribution in [0.2, 0.25) is 0 Å². The molecular formula is C13H16N2O3. The van der Waals surface area contributed by atoms with Gasteiger partial charge < -0.3 is 14.2 Å².